The first-order valence-corrected chi connectivity index (χ1v) is 10.9. The van der Waals surface area contributed by atoms with Crippen LogP contribution in [0.3, 0.4) is 0 Å². The van der Waals surface area contributed by atoms with Crippen molar-refractivity contribution in [1.29, 1.82) is 0 Å². The normalized spacial score (nSPS) is 17.7. The van der Waals surface area contributed by atoms with Gasteiger partial charge in [-0.3, -0.25) is 4.40 Å². The lowest BCUT2D eigenvalue weighted by molar-refractivity contribution is 0.422. The fourth-order valence-electron chi connectivity index (χ4n) is 3.71. The minimum Gasteiger partial charge on any atom is -0.354 e. The zero-order valence-corrected chi connectivity index (χ0v) is 16.6. The molecule has 4 aromatic rings. The van der Waals surface area contributed by atoms with Crippen LogP contribution in [0, 0.1) is 0 Å². The number of hydrogen-bond donors (Lipinski definition) is 0. The van der Waals surface area contributed by atoms with Crippen LogP contribution in [0.4, 0.5) is 5.82 Å². The molecule has 0 N–H and O–H groups in total. The van der Waals surface area contributed by atoms with Crippen molar-refractivity contribution in [1.82, 2.24) is 24.5 Å². The van der Waals surface area contributed by atoms with E-state index < -0.39 is 0 Å². The van der Waals surface area contributed by atoms with E-state index in [0.29, 0.717) is 28.2 Å². The summed E-state index contributed by atoms with van der Waals surface area (Å²) in [5.41, 5.74) is 2.31. The Kier molecular flexibility index (Phi) is 3.77. The maximum Gasteiger partial charge on any atom is 0.280 e. The topological polar surface area (TPSA) is 72.3 Å². The highest BCUT2D eigenvalue weighted by atomic mass is 35.5. The Labute approximate surface area is 170 Å². The van der Waals surface area contributed by atoms with Crippen LogP contribution in [0.25, 0.3) is 28.1 Å². The second kappa shape index (κ2) is 6.35. The number of fused-ring (bicyclic) bond motifs is 3. The summed E-state index contributed by atoms with van der Waals surface area (Å²) < 4.78 is 7.48. The van der Waals surface area contributed by atoms with Gasteiger partial charge in [-0.25, -0.2) is 9.97 Å². The molecule has 1 aliphatic heterocycles. The Hall–Kier alpha value is -2.32. The van der Waals surface area contributed by atoms with E-state index >= 15 is 0 Å². The molecule has 28 heavy (non-hydrogen) atoms. The summed E-state index contributed by atoms with van der Waals surface area (Å²) in [5.74, 6) is 4.70. The van der Waals surface area contributed by atoms with Crippen LogP contribution in [0.2, 0.25) is 5.02 Å². The average Bonchev–Trinajstić information content (AvgIpc) is 3.30. The van der Waals surface area contributed by atoms with Gasteiger partial charge in [0, 0.05) is 30.5 Å². The molecule has 0 atom stereocenters. The molecule has 142 valence electrons. The second-order valence-corrected chi connectivity index (χ2v) is 8.82. The van der Waals surface area contributed by atoms with E-state index in [1.165, 1.54) is 0 Å². The first kappa shape index (κ1) is 16.6. The van der Waals surface area contributed by atoms with Crippen LogP contribution < -0.4 is 4.90 Å². The van der Waals surface area contributed by atoms with Crippen LogP contribution in [-0.2, 0) is 0 Å². The van der Waals surface area contributed by atoms with Gasteiger partial charge in [0.2, 0.25) is 0 Å². The van der Waals surface area contributed by atoms with Crippen LogP contribution in [0.5, 0.6) is 0 Å². The molecule has 4 heterocycles. The first-order chi connectivity index (χ1) is 13.8. The molecule has 1 aliphatic carbocycles. The van der Waals surface area contributed by atoms with Gasteiger partial charge in [0.1, 0.15) is 12.1 Å². The number of benzene rings is 1. The summed E-state index contributed by atoms with van der Waals surface area (Å²) in [4.78, 5) is 16.4. The van der Waals surface area contributed by atoms with Crippen LogP contribution in [0.1, 0.15) is 24.6 Å². The summed E-state index contributed by atoms with van der Waals surface area (Å²) in [5, 5.41) is 5.79. The molecule has 2 fully saturated rings. The van der Waals surface area contributed by atoms with E-state index in [1.54, 1.807) is 6.33 Å². The summed E-state index contributed by atoms with van der Waals surface area (Å²) in [6, 6.07) is 5.92. The lowest BCUT2D eigenvalue weighted by atomic mass is 10.2. The van der Waals surface area contributed by atoms with Crippen molar-refractivity contribution in [3.05, 3.63) is 35.4 Å². The lowest BCUT2D eigenvalue weighted by Gasteiger charge is -2.28. The highest BCUT2D eigenvalue weighted by molar-refractivity contribution is 7.99. The molecule has 1 saturated heterocycles. The number of imidazole rings is 1. The Morgan fingerprint density at radius 2 is 2.00 bits per heavy atom. The Bertz CT molecular complexity index is 1190. The minimum atomic E-state index is 0.429. The minimum absolute atomic E-state index is 0.429. The summed E-state index contributed by atoms with van der Waals surface area (Å²) in [6.07, 6.45) is 4.01. The van der Waals surface area contributed by atoms with E-state index in [-0.39, 0.29) is 0 Å². The van der Waals surface area contributed by atoms with Crippen LogP contribution >= 0.6 is 23.4 Å². The molecule has 0 unspecified atom stereocenters. The van der Waals surface area contributed by atoms with Gasteiger partial charge in [-0.15, -0.1) is 0 Å². The van der Waals surface area contributed by atoms with Crippen LogP contribution in [-0.4, -0.2) is 49.1 Å². The third-order valence-electron chi connectivity index (χ3n) is 5.33. The van der Waals surface area contributed by atoms with E-state index in [9.17, 15) is 0 Å². The molecule has 6 rings (SSSR count). The van der Waals surface area contributed by atoms with Gasteiger partial charge in [-0.05, 0) is 25.0 Å². The third kappa shape index (κ3) is 2.58. The molecular formula is C19H17ClN6OS. The number of nitrogens with zero attached hydrogens (tertiary/aromatic N) is 6. The summed E-state index contributed by atoms with van der Waals surface area (Å²) >= 11 is 8.57. The number of halogens is 1. The Morgan fingerprint density at radius 1 is 1.14 bits per heavy atom. The van der Waals surface area contributed by atoms with Crippen molar-refractivity contribution in [2.45, 2.75) is 18.8 Å². The van der Waals surface area contributed by atoms with Gasteiger partial charge in [0.05, 0.1) is 15.9 Å². The van der Waals surface area contributed by atoms with Crippen molar-refractivity contribution in [3.63, 3.8) is 0 Å². The lowest BCUT2D eigenvalue weighted by Crippen LogP contribution is -2.33. The van der Waals surface area contributed by atoms with E-state index in [0.717, 1.165) is 60.0 Å². The zero-order chi connectivity index (χ0) is 18.7. The molecule has 2 aliphatic rings. The van der Waals surface area contributed by atoms with E-state index in [1.807, 2.05) is 34.4 Å². The molecule has 7 nitrogen and oxygen atoms in total. The first-order valence-electron chi connectivity index (χ1n) is 9.41. The molecule has 1 saturated carbocycles. The maximum absolute atomic E-state index is 6.60. The van der Waals surface area contributed by atoms with E-state index in [2.05, 4.69) is 20.0 Å². The Balaban J connectivity index is 1.59. The molecular weight excluding hydrogens is 396 g/mol. The smallest absolute Gasteiger partial charge is 0.280 e. The number of rotatable bonds is 3. The van der Waals surface area contributed by atoms with Gasteiger partial charge >= 0.3 is 0 Å². The van der Waals surface area contributed by atoms with Gasteiger partial charge < -0.3 is 9.42 Å². The zero-order valence-electron chi connectivity index (χ0n) is 15.0. The number of anilines is 1. The average molecular weight is 413 g/mol. The molecule has 1 aromatic carbocycles. The standard InChI is InChI=1S/C19H17ClN6OS/c20-12-2-1-3-13-14(12)17(25-6-8-28-9-7-25)23-18-15(21-10-26(13)18)19-22-16(24-27-19)11-4-5-11/h1-3,10-11H,4-9H2. The highest BCUT2D eigenvalue weighted by Gasteiger charge is 2.30. The predicted octanol–water partition coefficient (Wildman–Crippen LogP) is 4.02. The van der Waals surface area contributed by atoms with Crippen molar-refractivity contribution in [3.8, 4) is 11.6 Å². The van der Waals surface area contributed by atoms with E-state index in [4.69, 9.17) is 21.1 Å². The third-order valence-corrected chi connectivity index (χ3v) is 6.58. The van der Waals surface area contributed by atoms with Crippen molar-refractivity contribution in [2.24, 2.45) is 0 Å². The molecule has 0 spiro atoms. The second-order valence-electron chi connectivity index (χ2n) is 7.19. The van der Waals surface area contributed by atoms with Gasteiger partial charge in [0.25, 0.3) is 5.89 Å². The molecule has 0 radical (unpaired) electrons. The quantitative estimate of drug-likeness (QED) is 0.503. The summed E-state index contributed by atoms with van der Waals surface area (Å²) in [6.45, 7) is 1.90. The van der Waals surface area contributed by atoms with Crippen molar-refractivity contribution in [2.75, 3.05) is 29.5 Å². The molecule has 0 amide bonds. The molecule has 0 bridgehead atoms. The van der Waals surface area contributed by atoms with Crippen LogP contribution in [0.15, 0.2) is 29.0 Å². The fourth-order valence-corrected chi connectivity index (χ4v) is 4.87. The van der Waals surface area contributed by atoms with Gasteiger partial charge in [-0.1, -0.05) is 22.8 Å². The Morgan fingerprint density at radius 3 is 2.82 bits per heavy atom. The van der Waals surface area contributed by atoms with Gasteiger partial charge in [0.15, 0.2) is 17.2 Å². The predicted molar refractivity (Wildman–Crippen MR) is 110 cm³/mol. The van der Waals surface area contributed by atoms with Crippen molar-refractivity contribution < 1.29 is 4.52 Å². The fraction of sp³-hybridized carbons (Fsp3) is 0.368. The number of hydrogen-bond acceptors (Lipinski definition) is 7. The summed E-state index contributed by atoms with van der Waals surface area (Å²) in [7, 11) is 0. The largest absolute Gasteiger partial charge is 0.354 e. The SMILES string of the molecule is Clc1cccc2c1c(N1CCSCC1)nc1c(-c3nc(C4CC4)no3)ncn12. The highest BCUT2D eigenvalue weighted by Crippen LogP contribution is 2.39. The maximum atomic E-state index is 6.60. The van der Waals surface area contributed by atoms with Gasteiger partial charge in [-0.2, -0.15) is 16.7 Å². The monoisotopic (exact) mass is 412 g/mol. The molecule has 3 aromatic heterocycles. The van der Waals surface area contributed by atoms with Crippen molar-refractivity contribution >= 4 is 45.7 Å². The molecule has 9 heteroatoms. The number of aromatic nitrogens is 5. The number of thioether (sulfide) groups is 1.